The number of aromatic hydroxyl groups is 2. The molecule has 4 rings (SSSR count). The molecule has 13 nitrogen and oxygen atoms in total. The molecule has 6 N–H and O–H groups in total. The van der Waals surface area contributed by atoms with Crippen molar-refractivity contribution in [1.82, 2.24) is 0 Å². The number of hydrogen-bond donors (Lipinski definition) is 6. The summed E-state index contributed by atoms with van der Waals surface area (Å²) in [4.78, 5) is 34.8. The number of aliphatic hydroxyl groups is 3. The lowest BCUT2D eigenvalue weighted by Gasteiger charge is -2.40. The van der Waals surface area contributed by atoms with Crippen molar-refractivity contribution in [2.24, 2.45) is 0 Å². The maximum Gasteiger partial charge on any atom is 0.317 e. The highest BCUT2D eigenvalue weighted by molar-refractivity contribution is 6.02. The number of carbonyl (C=O) groups is 3. The zero-order valence-electron chi connectivity index (χ0n) is 19.1. The number of carboxylic acid groups (broad SMARTS) is 1. The standard InChI is InChI=1S/C24H24O13/c25-11-3-1-10(2-4-11)15-7-14(27)20-13(26)5-12(6-16(20)36-15)35-24-23(33)22(32)21(31)17(37-24)9-34-19(30)8-18(28)29/h1-6,15,17,21-26,31-33H,7-9H2,(H,28,29)/t15-,17+,21+,22-,23+,24+/m0/s1. The van der Waals surface area contributed by atoms with Crippen molar-refractivity contribution < 1.29 is 64.0 Å². The Kier molecular flexibility index (Phi) is 7.50. The topological polar surface area (TPSA) is 210 Å². The molecule has 2 aliphatic rings. The van der Waals surface area contributed by atoms with Crippen molar-refractivity contribution in [3.05, 3.63) is 47.5 Å². The van der Waals surface area contributed by atoms with Crippen LogP contribution in [0.15, 0.2) is 36.4 Å². The highest BCUT2D eigenvalue weighted by atomic mass is 16.7. The minimum absolute atomic E-state index is 0.0191. The van der Waals surface area contributed by atoms with E-state index in [1.54, 1.807) is 12.1 Å². The summed E-state index contributed by atoms with van der Waals surface area (Å²) in [5, 5.41) is 59.3. The van der Waals surface area contributed by atoms with Gasteiger partial charge in [0.15, 0.2) is 5.78 Å². The number of ketones is 1. The Balaban J connectivity index is 1.51. The maximum absolute atomic E-state index is 12.7. The van der Waals surface area contributed by atoms with E-state index in [0.717, 1.165) is 6.07 Å². The number of rotatable bonds is 7. The van der Waals surface area contributed by atoms with Crippen LogP contribution in [0.4, 0.5) is 0 Å². The van der Waals surface area contributed by atoms with Crippen LogP contribution in [0.25, 0.3) is 0 Å². The summed E-state index contributed by atoms with van der Waals surface area (Å²) in [6.45, 7) is -0.641. The highest BCUT2D eigenvalue weighted by Gasteiger charge is 2.45. The van der Waals surface area contributed by atoms with Crippen molar-refractivity contribution in [1.29, 1.82) is 0 Å². The smallest absolute Gasteiger partial charge is 0.317 e. The first kappa shape index (κ1) is 26.2. The normalized spacial score (nSPS) is 27.1. The van der Waals surface area contributed by atoms with Crippen molar-refractivity contribution in [3.63, 3.8) is 0 Å². The predicted octanol–water partition coefficient (Wildman–Crippen LogP) is 0.00860. The van der Waals surface area contributed by atoms with Gasteiger partial charge in [0, 0.05) is 12.1 Å². The predicted molar refractivity (Wildman–Crippen MR) is 119 cm³/mol. The van der Waals surface area contributed by atoms with Gasteiger partial charge in [0.1, 0.15) is 72.1 Å². The summed E-state index contributed by atoms with van der Waals surface area (Å²) in [6.07, 6.45) is -9.97. The summed E-state index contributed by atoms with van der Waals surface area (Å²) in [7, 11) is 0. The minimum Gasteiger partial charge on any atom is -0.508 e. The number of phenols is 2. The Hall–Kier alpha value is -3.91. The second kappa shape index (κ2) is 10.6. The zero-order valence-corrected chi connectivity index (χ0v) is 19.1. The van der Waals surface area contributed by atoms with Gasteiger partial charge in [-0.05, 0) is 17.7 Å². The molecule has 2 heterocycles. The summed E-state index contributed by atoms with van der Waals surface area (Å²) in [5.74, 6) is -3.50. The van der Waals surface area contributed by atoms with E-state index in [1.807, 2.05) is 0 Å². The molecule has 0 aromatic heterocycles. The molecule has 0 unspecified atom stereocenters. The van der Waals surface area contributed by atoms with E-state index in [-0.39, 0.29) is 29.2 Å². The Morgan fingerprint density at radius 1 is 1.00 bits per heavy atom. The summed E-state index contributed by atoms with van der Waals surface area (Å²) in [5.41, 5.74) is 0.525. The first-order chi connectivity index (χ1) is 17.5. The van der Waals surface area contributed by atoms with Crippen LogP contribution in [0.1, 0.15) is 34.9 Å². The Bertz CT molecular complexity index is 1180. The third-order valence-electron chi connectivity index (χ3n) is 5.86. The van der Waals surface area contributed by atoms with Gasteiger partial charge in [-0.1, -0.05) is 12.1 Å². The van der Waals surface area contributed by atoms with Crippen molar-refractivity contribution in [3.8, 4) is 23.0 Å². The molecule has 198 valence electrons. The van der Waals surface area contributed by atoms with Gasteiger partial charge in [-0.15, -0.1) is 0 Å². The molecular weight excluding hydrogens is 496 g/mol. The number of Topliss-reactive ketones (excluding diaryl/α,β-unsaturated/α-hetero) is 1. The van der Waals surface area contributed by atoms with Gasteiger partial charge in [-0.3, -0.25) is 14.4 Å². The number of carbonyl (C=O) groups excluding carboxylic acids is 2. The van der Waals surface area contributed by atoms with Gasteiger partial charge in [0.25, 0.3) is 0 Å². The van der Waals surface area contributed by atoms with E-state index in [9.17, 15) is 39.9 Å². The average Bonchev–Trinajstić information content (AvgIpc) is 2.83. The second-order valence-electron chi connectivity index (χ2n) is 8.53. The van der Waals surface area contributed by atoms with Gasteiger partial charge in [0.2, 0.25) is 6.29 Å². The number of hydrogen-bond acceptors (Lipinski definition) is 12. The second-order valence-corrected chi connectivity index (χ2v) is 8.53. The van der Waals surface area contributed by atoms with Crippen molar-refractivity contribution >= 4 is 17.7 Å². The lowest BCUT2D eigenvalue weighted by molar-refractivity contribution is -0.278. The molecule has 0 aliphatic carbocycles. The van der Waals surface area contributed by atoms with Crippen molar-refractivity contribution in [2.45, 2.75) is 49.7 Å². The Labute approximate surface area is 209 Å². The fourth-order valence-corrected chi connectivity index (χ4v) is 3.99. The van der Waals surface area contributed by atoms with Gasteiger partial charge >= 0.3 is 11.9 Å². The van der Waals surface area contributed by atoms with E-state index in [0.29, 0.717) is 5.56 Å². The monoisotopic (exact) mass is 520 g/mol. The van der Waals surface area contributed by atoms with E-state index in [4.69, 9.17) is 24.1 Å². The molecule has 0 saturated carbocycles. The summed E-state index contributed by atoms with van der Waals surface area (Å²) in [6, 6.07) is 8.39. The molecule has 13 heteroatoms. The van der Waals surface area contributed by atoms with E-state index >= 15 is 0 Å². The van der Waals surface area contributed by atoms with Crippen LogP contribution in [0.5, 0.6) is 23.0 Å². The number of aliphatic carboxylic acids is 1. The molecule has 0 bridgehead atoms. The van der Waals surface area contributed by atoms with Gasteiger partial charge in [-0.25, -0.2) is 0 Å². The number of benzene rings is 2. The molecule has 0 spiro atoms. The van der Waals surface area contributed by atoms with Crippen LogP contribution in [-0.4, -0.2) is 85.7 Å². The summed E-state index contributed by atoms with van der Waals surface area (Å²) >= 11 is 0. The van der Waals surface area contributed by atoms with Crippen LogP contribution < -0.4 is 9.47 Å². The van der Waals surface area contributed by atoms with Crippen LogP contribution in [-0.2, 0) is 19.1 Å². The zero-order chi connectivity index (χ0) is 26.9. The van der Waals surface area contributed by atoms with E-state index < -0.39 is 73.3 Å². The molecule has 37 heavy (non-hydrogen) atoms. The number of carboxylic acids is 1. The van der Waals surface area contributed by atoms with Gasteiger partial charge in [-0.2, -0.15) is 0 Å². The fraction of sp³-hybridized carbons (Fsp3) is 0.375. The molecule has 6 atom stereocenters. The Morgan fingerprint density at radius 3 is 2.38 bits per heavy atom. The third-order valence-corrected chi connectivity index (χ3v) is 5.86. The number of aliphatic hydroxyl groups excluding tert-OH is 3. The molecule has 2 aromatic carbocycles. The van der Waals surface area contributed by atoms with Gasteiger partial charge in [0.05, 0.1) is 6.42 Å². The fourth-order valence-electron chi connectivity index (χ4n) is 3.99. The molecular formula is C24H24O13. The largest absolute Gasteiger partial charge is 0.508 e. The lowest BCUT2D eigenvalue weighted by atomic mass is 9.95. The number of ether oxygens (including phenoxy) is 4. The molecule has 0 radical (unpaired) electrons. The molecule has 2 aliphatic heterocycles. The molecule has 1 fully saturated rings. The quantitative estimate of drug-likeness (QED) is 0.210. The summed E-state index contributed by atoms with van der Waals surface area (Å²) < 4.78 is 21.6. The van der Waals surface area contributed by atoms with Crippen LogP contribution in [0.2, 0.25) is 0 Å². The maximum atomic E-state index is 12.7. The first-order valence-electron chi connectivity index (χ1n) is 11.1. The number of phenolic OH excluding ortho intramolecular Hbond substituents is 2. The lowest BCUT2D eigenvalue weighted by Crippen LogP contribution is -2.60. The van der Waals surface area contributed by atoms with Crippen LogP contribution in [0, 0.1) is 0 Å². The average molecular weight is 520 g/mol. The number of fused-ring (bicyclic) bond motifs is 1. The molecule has 1 saturated heterocycles. The highest BCUT2D eigenvalue weighted by Crippen LogP contribution is 2.42. The first-order valence-corrected chi connectivity index (χ1v) is 11.1. The Morgan fingerprint density at radius 2 is 1.70 bits per heavy atom. The van der Waals surface area contributed by atoms with Crippen LogP contribution in [0.3, 0.4) is 0 Å². The third kappa shape index (κ3) is 5.75. The van der Waals surface area contributed by atoms with Gasteiger partial charge < -0.3 is 49.6 Å². The van der Waals surface area contributed by atoms with Crippen molar-refractivity contribution in [2.75, 3.05) is 6.61 Å². The molecule has 0 amide bonds. The van der Waals surface area contributed by atoms with E-state index in [2.05, 4.69) is 0 Å². The minimum atomic E-state index is -1.79. The van der Waals surface area contributed by atoms with Crippen LogP contribution >= 0.6 is 0 Å². The van der Waals surface area contributed by atoms with E-state index in [1.165, 1.54) is 18.2 Å². The molecule has 2 aromatic rings. The number of esters is 1. The SMILES string of the molecule is O=C(O)CC(=O)OC[C@H]1O[C@@H](Oc2cc(O)c3c(c2)O[C@H](c2ccc(O)cc2)CC3=O)[C@H](O)[C@@H](O)[C@@H]1O.